The number of aromatic nitrogens is 4. The van der Waals surface area contributed by atoms with Crippen molar-refractivity contribution in [2.45, 2.75) is 104 Å². The first-order valence-electron chi connectivity index (χ1n) is 59.6. The topological polar surface area (TPSA) is 48.6 Å². The van der Waals surface area contributed by atoms with E-state index in [2.05, 4.69) is 65.8 Å². The van der Waals surface area contributed by atoms with E-state index in [0.717, 1.165) is 32.9 Å². The van der Waals surface area contributed by atoms with Gasteiger partial charge in [0.1, 0.15) is 11.6 Å². The van der Waals surface area contributed by atoms with Gasteiger partial charge in [-0.3, -0.25) is 0 Å². The molecule has 20 aromatic rings. The summed E-state index contributed by atoms with van der Waals surface area (Å²) in [6.45, 7) is 23.6. The first kappa shape index (κ1) is 61.7. The molecule has 4 aromatic heterocycles. The number of benzene rings is 16. The number of rotatable bonds is 16. The van der Waals surface area contributed by atoms with E-state index >= 15 is 17.6 Å². The second-order valence-electron chi connectivity index (χ2n) is 35.9. The summed E-state index contributed by atoms with van der Waals surface area (Å²) in [4.78, 5) is 15.2. The van der Waals surface area contributed by atoms with Crippen LogP contribution in [-0.4, -0.2) is 19.1 Å². The molecule has 6 heterocycles. The number of hydrogen-bond acceptors (Lipinski definition) is 6. The Morgan fingerprint density at radius 2 is 0.659 bits per heavy atom. The summed E-state index contributed by atoms with van der Waals surface area (Å²) in [6, 6.07) is 34.8. The van der Waals surface area contributed by atoms with Gasteiger partial charge in [-0.25, -0.2) is 27.5 Å². The maximum absolute atomic E-state index is 18.1. The number of halogens is 4. The van der Waals surface area contributed by atoms with Crippen LogP contribution in [-0.2, 0) is 70.2 Å². The fourth-order valence-electron chi connectivity index (χ4n) is 17.7. The number of anilines is 8. The number of hydrogen-bond donors (Lipinski definition) is 0. The van der Waals surface area contributed by atoms with Crippen LogP contribution in [0.4, 0.5) is 63.1 Å². The standard InChI is InChI=1S/C63H51F2N4.C61H47F2N4.2Pt/c1-61(2,3)46-32-33-66-59(40-46)69-55-27-17-16-26-51(55)52-31-30-47(39-58(52)69)63(64,65)49-36-48(62(4,5)6)37-50(38-49)67-41-68(57-29-19-18-28-56(57)67)60-53(43-22-12-8-13-23-43)34-45(42-20-10-7-11-21-42)35-54(60)44-24-14-9-15-25-44;1-40-56(42-20-9-6-10-21-42)41(2)58(44-24-13-8-14-25-44)59(57(40)43-22-11-7-12-23-43)66-39-65(52-30-17-18-31-53(52)66)48-27-19-26-46(36-48)61(62,63)47-32-33-50-49-28-15-16-29-51(49)67(54(50)37-47)55-38-45(34-35-64-55)60(3,4)5;;/h7-37,40-41H,1-6H3;6-35,38-39H,1-5H3;;/q2*-3;;/i7D,8D,9D,10D,11D,12D,13D,14D,15D,20D,21D,22D,23D,24D,25D,34D,35D;6D,7D,8D,9D,10D,11D,12D,13D,14D,20D,21D,22D,23D,24D,25D;;. The zero-order valence-electron chi connectivity index (χ0n) is 108. The van der Waals surface area contributed by atoms with E-state index in [1.165, 1.54) is 77.1 Å². The molecule has 0 fully saturated rings. The third kappa shape index (κ3) is 16.9. The van der Waals surface area contributed by atoms with Crippen molar-refractivity contribution in [2.75, 3.05) is 19.6 Å². The summed E-state index contributed by atoms with van der Waals surface area (Å²) in [6.07, 6.45) is 3.38. The molecule has 14 heteroatoms. The fourth-order valence-corrected chi connectivity index (χ4v) is 17.7. The molecular weight excluding hydrogens is 2070 g/mol. The summed E-state index contributed by atoms with van der Waals surface area (Å²) in [7, 11) is 0. The van der Waals surface area contributed by atoms with Crippen LogP contribution in [0.3, 0.4) is 0 Å². The van der Waals surface area contributed by atoms with Gasteiger partial charge >= 0.3 is 0 Å². The van der Waals surface area contributed by atoms with Gasteiger partial charge in [-0.05, 0) is 180 Å². The normalized spacial score (nSPS) is 16.1. The number of fused-ring (bicyclic) bond motifs is 8. The van der Waals surface area contributed by atoms with Gasteiger partial charge in [-0.15, -0.1) is 53.7 Å². The predicted octanol–water partition coefficient (Wildman–Crippen LogP) is 33.2. The molecule has 0 saturated carbocycles. The second kappa shape index (κ2) is 37.0. The molecule has 16 aromatic carbocycles. The SMILES string of the molecule is [2H]c1c([2H])c([2H])c(-c2c(C)c(-c3c([2H])c([2H])c([2H])c([2H])c3[2H])c(N3[CH-]N(c4[c-]c(C(F)(F)c5[c-]c6c(cc5)c5ccccc5n6-c5cc(C(C)(C)C)ccn5)ccc4)c4ccccc43)c(-c3c([2H])c([2H])c([2H])c([2H])c3[2H])c2C)c([2H])c1[2H].[2H]c1c([2H])c([2H])c(-c2c([2H])c(-c3c([2H])c([2H])c([2H])c([2H])c3[2H])c(N3[CH-]N(c4[c-]c(C(F)(F)c5[c-]c6c(cc5)c5ccccc5n6-c5cc(C(C)(C)C)ccn5)cc(C(C)(C)C)c4)c4ccccc43)c(-c3c([2H])c([2H])c([2H])c([2H])c3[2H])c2[2H])c([2H])c1[2H].[Pt].[Pt]. The third-order valence-corrected chi connectivity index (χ3v) is 24.4. The van der Waals surface area contributed by atoms with E-state index in [-0.39, 0.29) is 120 Å². The fraction of sp³-hybridized carbons (Fsp3) is 0.129. The van der Waals surface area contributed by atoms with Gasteiger partial charge in [0.25, 0.3) is 11.8 Å². The molecule has 0 N–H and O–H groups in total. The molecule has 0 unspecified atom stereocenters. The summed E-state index contributed by atoms with van der Waals surface area (Å²) >= 11 is 0. The molecule has 0 atom stereocenters. The van der Waals surface area contributed by atoms with Crippen molar-refractivity contribution in [3.63, 3.8) is 0 Å². The van der Waals surface area contributed by atoms with Gasteiger partial charge in [0.2, 0.25) is 0 Å². The zero-order valence-corrected chi connectivity index (χ0v) is 80.3. The smallest absolute Gasteiger partial charge is 0.254 e. The maximum Gasteiger partial charge on any atom is 0.254 e. The van der Waals surface area contributed by atoms with Crippen molar-refractivity contribution in [2.24, 2.45) is 0 Å². The van der Waals surface area contributed by atoms with Crippen LogP contribution >= 0.6 is 0 Å². The summed E-state index contributed by atoms with van der Waals surface area (Å²) in [5.74, 6) is -6.54. The van der Waals surface area contributed by atoms with Crippen LogP contribution in [0.2, 0.25) is 0 Å². The Labute approximate surface area is 878 Å². The van der Waals surface area contributed by atoms with Gasteiger partial charge in [0.05, 0.1) is 43.9 Å². The molecule has 0 aliphatic carbocycles. The monoisotopic (exact) mass is 2200 g/mol. The van der Waals surface area contributed by atoms with Gasteiger partial charge in [-0.2, -0.15) is 66.2 Å². The van der Waals surface area contributed by atoms with Crippen molar-refractivity contribution >= 4 is 89.1 Å². The minimum Gasteiger partial charge on any atom is -0.493 e. The Hall–Kier alpha value is -14.3. The Bertz CT molecular complexity index is 9750. The van der Waals surface area contributed by atoms with Gasteiger partial charge in [0, 0.05) is 122 Å². The molecule has 22 rings (SSSR count). The Morgan fingerprint density at radius 3 is 1.09 bits per heavy atom. The number of para-hydroxylation sites is 6. The molecular formula is C124H98F4N8Pt2-6. The second-order valence-corrected chi connectivity index (χ2v) is 35.9. The van der Waals surface area contributed by atoms with Crippen molar-refractivity contribution in [1.82, 2.24) is 19.1 Å². The quantitative estimate of drug-likeness (QED) is 0.0710. The molecule has 0 bridgehead atoms. The third-order valence-electron chi connectivity index (χ3n) is 24.4. The van der Waals surface area contributed by atoms with Crippen LogP contribution in [0.15, 0.2) is 382 Å². The van der Waals surface area contributed by atoms with Crippen LogP contribution in [0, 0.1) is 51.5 Å². The minimum absolute atomic E-state index is 0. The van der Waals surface area contributed by atoms with E-state index in [1.807, 2.05) is 103 Å². The Kier molecular flexibility index (Phi) is 16.5. The summed E-state index contributed by atoms with van der Waals surface area (Å²) in [5.41, 5.74) is -4.49. The van der Waals surface area contributed by atoms with Crippen molar-refractivity contribution < 1.29 is 104 Å². The van der Waals surface area contributed by atoms with Gasteiger partial charge in [-0.1, -0.05) is 338 Å². The molecule has 0 radical (unpaired) electrons. The molecule has 0 spiro atoms. The van der Waals surface area contributed by atoms with Crippen LogP contribution < -0.4 is 19.6 Å². The minimum atomic E-state index is -3.83. The average molecular weight is 2200 g/mol. The van der Waals surface area contributed by atoms with Gasteiger partial charge in [0.15, 0.2) is 0 Å². The predicted molar refractivity (Wildman–Crippen MR) is 552 cm³/mol. The molecule has 2 aliphatic rings. The summed E-state index contributed by atoms with van der Waals surface area (Å²) < 4.78 is 364. The van der Waals surface area contributed by atoms with Crippen molar-refractivity contribution in [3.05, 3.63) is 469 Å². The number of alkyl halides is 4. The molecule has 138 heavy (non-hydrogen) atoms. The van der Waals surface area contributed by atoms with Crippen molar-refractivity contribution in [1.29, 1.82) is 0 Å². The molecule has 0 amide bonds. The van der Waals surface area contributed by atoms with Crippen LogP contribution in [0.5, 0.6) is 0 Å². The number of pyridine rings is 2. The zero-order chi connectivity index (χ0) is 122. The summed E-state index contributed by atoms with van der Waals surface area (Å²) in [5, 5.41) is 2.93. The number of nitrogens with zero attached hydrogens (tertiary/aromatic N) is 8. The average Bonchev–Trinajstić information content (AvgIpc) is 1.24. The van der Waals surface area contributed by atoms with E-state index in [9.17, 15) is 16.4 Å². The van der Waals surface area contributed by atoms with Crippen LogP contribution in [0.1, 0.15) is 156 Å². The Morgan fingerprint density at radius 1 is 0.304 bits per heavy atom. The van der Waals surface area contributed by atoms with E-state index in [1.54, 1.807) is 85.2 Å². The first-order chi connectivity index (χ1) is 79.0. The van der Waals surface area contributed by atoms with Crippen molar-refractivity contribution in [3.8, 4) is 78.4 Å². The van der Waals surface area contributed by atoms with E-state index in [4.69, 9.17) is 37.4 Å². The molecule has 0 saturated heterocycles. The molecule has 8 nitrogen and oxygen atoms in total. The largest absolute Gasteiger partial charge is 0.493 e. The van der Waals surface area contributed by atoms with Gasteiger partial charge < -0.3 is 28.7 Å². The first-order valence-corrected chi connectivity index (χ1v) is 43.6. The van der Waals surface area contributed by atoms with E-state index < -0.39 is 283 Å². The van der Waals surface area contributed by atoms with E-state index in [0.29, 0.717) is 44.7 Å². The maximum atomic E-state index is 18.1. The van der Waals surface area contributed by atoms with Crippen LogP contribution in [0.25, 0.3) is 122 Å². The molecule has 688 valence electrons. The Balaban J connectivity index is 0.000000206. The molecule has 2 aliphatic heterocycles.